The molecule has 2 aromatic heterocycles. The summed E-state index contributed by atoms with van der Waals surface area (Å²) >= 11 is 0. The van der Waals surface area contributed by atoms with Gasteiger partial charge in [0.15, 0.2) is 5.82 Å². The Balaban J connectivity index is 1.82. The maximum atomic E-state index is 5.62. The van der Waals surface area contributed by atoms with Crippen LogP contribution in [-0.4, -0.2) is 20.2 Å². The summed E-state index contributed by atoms with van der Waals surface area (Å²) in [5.41, 5.74) is 7.04. The van der Waals surface area contributed by atoms with E-state index in [-0.39, 0.29) is 0 Å². The van der Waals surface area contributed by atoms with Gasteiger partial charge in [-0.15, -0.1) is 0 Å². The first-order valence-corrected chi connectivity index (χ1v) is 6.47. The summed E-state index contributed by atoms with van der Waals surface area (Å²) < 4.78 is 0. The monoisotopic (exact) mass is 243 g/mol. The number of hydrogen-bond acceptors (Lipinski definition) is 4. The van der Waals surface area contributed by atoms with Gasteiger partial charge in [-0.2, -0.15) is 5.10 Å². The Morgan fingerprint density at radius 2 is 2.00 bits per heavy atom. The van der Waals surface area contributed by atoms with Crippen LogP contribution in [0.1, 0.15) is 43.8 Å². The third kappa shape index (κ3) is 2.20. The van der Waals surface area contributed by atoms with Crippen molar-refractivity contribution in [2.75, 3.05) is 5.73 Å². The van der Waals surface area contributed by atoms with E-state index in [4.69, 9.17) is 5.73 Å². The lowest BCUT2D eigenvalue weighted by molar-refractivity contribution is 0.429. The zero-order valence-electron chi connectivity index (χ0n) is 10.3. The topological polar surface area (TPSA) is 80.5 Å². The number of aromatic amines is 1. The fourth-order valence-corrected chi connectivity index (χ4v) is 2.49. The summed E-state index contributed by atoms with van der Waals surface area (Å²) in [5.74, 6) is 2.20. The summed E-state index contributed by atoms with van der Waals surface area (Å²) in [6, 6.07) is 3.67. The summed E-state index contributed by atoms with van der Waals surface area (Å²) in [6.45, 7) is 0. The van der Waals surface area contributed by atoms with Crippen molar-refractivity contribution >= 4 is 5.69 Å². The molecule has 1 aliphatic rings. The molecule has 3 rings (SSSR count). The maximum absolute atomic E-state index is 5.62. The number of hydrogen-bond donors (Lipinski definition) is 2. The van der Waals surface area contributed by atoms with Gasteiger partial charge in [-0.25, -0.2) is 4.98 Å². The van der Waals surface area contributed by atoms with Gasteiger partial charge < -0.3 is 5.73 Å². The van der Waals surface area contributed by atoms with Crippen LogP contribution in [0.5, 0.6) is 0 Å². The highest BCUT2D eigenvalue weighted by molar-refractivity contribution is 5.51. The number of pyridine rings is 1. The van der Waals surface area contributed by atoms with Crippen molar-refractivity contribution < 1.29 is 0 Å². The summed E-state index contributed by atoms with van der Waals surface area (Å²) in [5, 5.41) is 7.31. The summed E-state index contributed by atoms with van der Waals surface area (Å²) in [7, 11) is 0. The van der Waals surface area contributed by atoms with E-state index in [2.05, 4.69) is 20.2 Å². The van der Waals surface area contributed by atoms with Crippen molar-refractivity contribution in [2.45, 2.75) is 38.0 Å². The Kier molecular flexibility index (Phi) is 2.96. The van der Waals surface area contributed by atoms with E-state index in [9.17, 15) is 0 Å². The molecule has 1 fully saturated rings. The van der Waals surface area contributed by atoms with Crippen molar-refractivity contribution in [3.63, 3.8) is 0 Å². The van der Waals surface area contributed by atoms with Crippen LogP contribution in [0.3, 0.4) is 0 Å². The zero-order valence-corrected chi connectivity index (χ0v) is 10.3. The molecule has 5 heteroatoms. The highest BCUT2D eigenvalue weighted by Crippen LogP contribution is 2.31. The van der Waals surface area contributed by atoms with Crippen LogP contribution in [0.25, 0.3) is 11.5 Å². The van der Waals surface area contributed by atoms with Crippen molar-refractivity contribution in [3.8, 4) is 11.5 Å². The lowest BCUT2D eigenvalue weighted by atomic mass is 9.89. The average molecular weight is 243 g/mol. The van der Waals surface area contributed by atoms with Gasteiger partial charge in [0.05, 0.1) is 11.9 Å². The molecular weight excluding hydrogens is 226 g/mol. The standard InChI is InChI=1S/C13H17N5/c14-10-6-7-11(15-8-10)13-16-12(17-18-13)9-4-2-1-3-5-9/h6-9H,1-5,14H2,(H,16,17,18). The van der Waals surface area contributed by atoms with E-state index in [1.807, 2.05) is 12.1 Å². The van der Waals surface area contributed by atoms with E-state index in [1.165, 1.54) is 32.1 Å². The van der Waals surface area contributed by atoms with Crippen LogP contribution in [0.4, 0.5) is 5.69 Å². The molecule has 2 aromatic rings. The van der Waals surface area contributed by atoms with Crippen LogP contribution in [0.2, 0.25) is 0 Å². The number of nitrogens with two attached hydrogens (primary N) is 1. The quantitative estimate of drug-likeness (QED) is 0.849. The number of anilines is 1. The molecule has 0 spiro atoms. The molecule has 0 amide bonds. The molecule has 0 aromatic carbocycles. The van der Waals surface area contributed by atoms with Gasteiger partial charge in [0.1, 0.15) is 11.5 Å². The number of nitrogens with one attached hydrogen (secondary N) is 1. The lowest BCUT2D eigenvalue weighted by Crippen LogP contribution is -2.06. The molecule has 0 bridgehead atoms. The SMILES string of the molecule is Nc1ccc(-c2n[nH]c(C3CCCCC3)n2)nc1. The van der Waals surface area contributed by atoms with E-state index in [1.54, 1.807) is 6.20 Å². The number of H-pyrrole nitrogens is 1. The highest BCUT2D eigenvalue weighted by Gasteiger charge is 2.19. The molecule has 0 saturated heterocycles. The Hall–Kier alpha value is -1.91. The van der Waals surface area contributed by atoms with Crippen LogP contribution in [-0.2, 0) is 0 Å². The zero-order chi connectivity index (χ0) is 12.4. The van der Waals surface area contributed by atoms with Crippen LogP contribution in [0, 0.1) is 0 Å². The molecule has 0 aliphatic heterocycles. The second-order valence-corrected chi connectivity index (χ2v) is 4.86. The molecule has 0 atom stereocenters. The maximum Gasteiger partial charge on any atom is 0.199 e. The number of nitrogens with zero attached hydrogens (tertiary/aromatic N) is 3. The van der Waals surface area contributed by atoms with Crippen molar-refractivity contribution in [1.82, 2.24) is 20.2 Å². The molecule has 1 aliphatic carbocycles. The molecule has 94 valence electrons. The summed E-state index contributed by atoms with van der Waals surface area (Å²) in [4.78, 5) is 8.80. The van der Waals surface area contributed by atoms with Gasteiger partial charge in [0, 0.05) is 5.92 Å². The van der Waals surface area contributed by atoms with Crippen molar-refractivity contribution in [3.05, 3.63) is 24.2 Å². The average Bonchev–Trinajstić information content (AvgIpc) is 2.90. The normalized spacial score (nSPS) is 16.9. The Bertz CT molecular complexity index is 510. The van der Waals surface area contributed by atoms with Crippen molar-refractivity contribution in [1.29, 1.82) is 0 Å². The minimum atomic E-state index is 0.536. The first-order valence-electron chi connectivity index (χ1n) is 6.47. The first kappa shape index (κ1) is 11.2. The molecule has 5 nitrogen and oxygen atoms in total. The molecule has 0 radical (unpaired) electrons. The van der Waals surface area contributed by atoms with E-state index >= 15 is 0 Å². The van der Waals surface area contributed by atoms with Crippen LogP contribution in [0.15, 0.2) is 18.3 Å². The largest absolute Gasteiger partial charge is 0.397 e. The molecule has 1 saturated carbocycles. The van der Waals surface area contributed by atoms with Gasteiger partial charge >= 0.3 is 0 Å². The van der Waals surface area contributed by atoms with Gasteiger partial charge in [-0.1, -0.05) is 19.3 Å². The predicted octanol–water partition coefficient (Wildman–Crippen LogP) is 2.50. The van der Waals surface area contributed by atoms with Crippen LogP contribution >= 0.6 is 0 Å². The van der Waals surface area contributed by atoms with Gasteiger partial charge in [0.25, 0.3) is 0 Å². The highest BCUT2D eigenvalue weighted by atomic mass is 15.2. The Morgan fingerprint density at radius 1 is 1.17 bits per heavy atom. The van der Waals surface area contributed by atoms with Gasteiger partial charge in [0.2, 0.25) is 0 Å². The minimum Gasteiger partial charge on any atom is -0.397 e. The number of nitrogen functional groups attached to an aromatic ring is 1. The minimum absolute atomic E-state index is 0.536. The number of rotatable bonds is 2. The van der Waals surface area contributed by atoms with Crippen molar-refractivity contribution in [2.24, 2.45) is 0 Å². The Labute approximate surface area is 106 Å². The molecular formula is C13H17N5. The third-order valence-corrected chi connectivity index (χ3v) is 3.51. The molecule has 18 heavy (non-hydrogen) atoms. The lowest BCUT2D eigenvalue weighted by Gasteiger charge is -2.18. The molecule has 3 N–H and O–H groups in total. The third-order valence-electron chi connectivity index (χ3n) is 3.51. The first-order chi connectivity index (χ1) is 8.83. The summed E-state index contributed by atoms with van der Waals surface area (Å²) in [6.07, 6.45) is 7.98. The fourth-order valence-electron chi connectivity index (χ4n) is 2.49. The fraction of sp³-hybridized carbons (Fsp3) is 0.462. The smallest absolute Gasteiger partial charge is 0.199 e. The van der Waals surface area contributed by atoms with E-state index in [0.717, 1.165) is 11.5 Å². The molecule has 0 unspecified atom stereocenters. The van der Waals surface area contributed by atoms with E-state index < -0.39 is 0 Å². The van der Waals surface area contributed by atoms with Gasteiger partial charge in [-0.05, 0) is 25.0 Å². The number of aromatic nitrogens is 4. The Morgan fingerprint density at radius 3 is 2.72 bits per heavy atom. The molecule has 2 heterocycles. The predicted molar refractivity (Wildman–Crippen MR) is 69.9 cm³/mol. The van der Waals surface area contributed by atoms with E-state index in [0.29, 0.717) is 17.4 Å². The van der Waals surface area contributed by atoms with Crippen LogP contribution < -0.4 is 5.73 Å². The second kappa shape index (κ2) is 4.76. The van der Waals surface area contributed by atoms with Gasteiger partial charge in [-0.3, -0.25) is 10.1 Å². The second-order valence-electron chi connectivity index (χ2n) is 4.86.